The van der Waals surface area contributed by atoms with Crippen molar-refractivity contribution in [2.24, 2.45) is 0 Å². The second kappa shape index (κ2) is 9.13. The first kappa shape index (κ1) is 16.2. The summed E-state index contributed by atoms with van der Waals surface area (Å²) in [7, 11) is 4.41. The van der Waals surface area contributed by atoms with E-state index in [9.17, 15) is 4.79 Å². The van der Waals surface area contributed by atoms with Crippen molar-refractivity contribution in [1.29, 1.82) is 0 Å². The van der Waals surface area contributed by atoms with Crippen LogP contribution in [0.2, 0.25) is 0 Å². The van der Waals surface area contributed by atoms with Gasteiger partial charge in [0, 0.05) is 21.3 Å². The van der Waals surface area contributed by atoms with Gasteiger partial charge in [-0.25, -0.2) is 4.79 Å². The maximum absolute atomic E-state index is 11.9. The third kappa shape index (κ3) is 5.04. The molecule has 0 spiro atoms. The summed E-state index contributed by atoms with van der Waals surface area (Å²) in [5, 5.41) is 0. The normalized spacial score (nSPS) is 10.2. The van der Waals surface area contributed by atoms with Gasteiger partial charge in [-0.3, -0.25) is 0 Å². The van der Waals surface area contributed by atoms with Gasteiger partial charge in [0.05, 0.1) is 0 Å². The molecule has 0 saturated carbocycles. The zero-order valence-electron chi connectivity index (χ0n) is 11.7. The Bertz CT molecular complexity index is 419. The lowest BCUT2D eigenvalue weighted by Crippen LogP contribution is -2.11. The number of ether oxygens (including phenoxy) is 6. The molecule has 0 amide bonds. The highest BCUT2D eigenvalue weighted by molar-refractivity contribution is 5.93. The fourth-order valence-electron chi connectivity index (χ4n) is 1.32. The molecule has 0 N–H and O–H groups in total. The average Bonchev–Trinajstić information content (AvgIpc) is 2.48. The molecule has 112 valence electrons. The SMILES string of the molecule is COCOC(=O)c1cc(OCOC)ccc1OCOC. The van der Waals surface area contributed by atoms with Crippen LogP contribution in [-0.4, -0.2) is 47.7 Å². The summed E-state index contributed by atoms with van der Waals surface area (Å²) >= 11 is 0. The van der Waals surface area contributed by atoms with Gasteiger partial charge in [0.25, 0.3) is 0 Å². The number of benzene rings is 1. The molecule has 1 rings (SSSR count). The molecule has 1 aromatic carbocycles. The number of esters is 1. The van der Waals surface area contributed by atoms with Gasteiger partial charge in [-0.05, 0) is 18.2 Å². The van der Waals surface area contributed by atoms with E-state index < -0.39 is 5.97 Å². The minimum Gasteiger partial charge on any atom is -0.468 e. The van der Waals surface area contributed by atoms with Crippen LogP contribution in [0.3, 0.4) is 0 Å². The van der Waals surface area contributed by atoms with Gasteiger partial charge in [-0.2, -0.15) is 0 Å². The molecule has 0 aromatic heterocycles. The molecule has 1 aromatic rings. The maximum atomic E-state index is 11.9. The van der Waals surface area contributed by atoms with Gasteiger partial charge in [-0.15, -0.1) is 0 Å². The predicted molar refractivity (Wildman–Crippen MR) is 68.7 cm³/mol. The van der Waals surface area contributed by atoms with Crippen LogP contribution in [0.5, 0.6) is 11.5 Å². The topological polar surface area (TPSA) is 72.5 Å². The lowest BCUT2D eigenvalue weighted by atomic mass is 10.2. The van der Waals surface area contributed by atoms with Crippen LogP contribution in [0.25, 0.3) is 0 Å². The average molecular weight is 286 g/mol. The van der Waals surface area contributed by atoms with Gasteiger partial charge in [0.1, 0.15) is 17.1 Å². The maximum Gasteiger partial charge on any atom is 0.344 e. The van der Waals surface area contributed by atoms with Crippen LogP contribution in [-0.2, 0) is 18.9 Å². The Hall–Kier alpha value is -1.83. The van der Waals surface area contributed by atoms with E-state index in [4.69, 9.17) is 28.4 Å². The van der Waals surface area contributed by atoms with Crippen molar-refractivity contribution < 1.29 is 33.2 Å². The second-order valence-electron chi connectivity index (χ2n) is 3.60. The summed E-state index contributed by atoms with van der Waals surface area (Å²) < 4.78 is 29.7. The Morgan fingerprint density at radius 1 is 0.950 bits per heavy atom. The molecule has 0 saturated heterocycles. The molecule has 0 bridgehead atoms. The Labute approximate surface area is 117 Å². The molecule has 0 aliphatic heterocycles. The molecule has 0 fully saturated rings. The van der Waals surface area contributed by atoms with E-state index >= 15 is 0 Å². The largest absolute Gasteiger partial charge is 0.468 e. The standard InChI is InChI=1S/C13H18O7/c1-15-7-18-10-4-5-12(19-8-16-2)11(6-10)13(14)20-9-17-3/h4-6H,7-9H2,1-3H3. The lowest BCUT2D eigenvalue weighted by molar-refractivity contribution is -0.0133. The van der Waals surface area contributed by atoms with Crippen LogP contribution in [0.15, 0.2) is 18.2 Å². The molecule has 20 heavy (non-hydrogen) atoms. The quantitative estimate of drug-likeness (QED) is 0.502. The van der Waals surface area contributed by atoms with Crippen LogP contribution in [0.1, 0.15) is 10.4 Å². The van der Waals surface area contributed by atoms with Crippen molar-refractivity contribution >= 4 is 5.97 Å². The van der Waals surface area contributed by atoms with Gasteiger partial charge >= 0.3 is 5.97 Å². The van der Waals surface area contributed by atoms with Crippen molar-refractivity contribution in [1.82, 2.24) is 0 Å². The second-order valence-corrected chi connectivity index (χ2v) is 3.60. The van der Waals surface area contributed by atoms with Crippen molar-refractivity contribution in [3.63, 3.8) is 0 Å². The summed E-state index contributed by atoms with van der Waals surface area (Å²) in [6.45, 7) is -0.0562. The molecule has 0 aliphatic rings. The predicted octanol–water partition coefficient (Wildman–Crippen LogP) is 1.41. The molecular weight excluding hydrogens is 268 g/mol. The molecule has 0 aliphatic carbocycles. The van der Waals surface area contributed by atoms with E-state index in [2.05, 4.69) is 0 Å². The van der Waals surface area contributed by atoms with Gasteiger partial charge < -0.3 is 28.4 Å². The number of carbonyl (C=O) groups is 1. The fourth-order valence-corrected chi connectivity index (χ4v) is 1.32. The number of carbonyl (C=O) groups excluding carboxylic acids is 1. The Kier molecular flexibility index (Phi) is 7.41. The number of rotatable bonds is 9. The van der Waals surface area contributed by atoms with E-state index in [1.165, 1.54) is 27.4 Å². The van der Waals surface area contributed by atoms with Crippen LogP contribution in [0, 0.1) is 0 Å². The first-order valence-electron chi connectivity index (χ1n) is 5.76. The molecule has 0 radical (unpaired) electrons. The van der Waals surface area contributed by atoms with Crippen LogP contribution < -0.4 is 9.47 Å². The molecule has 7 heteroatoms. The van der Waals surface area contributed by atoms with Crippen molar-refractivity contribution in [2.45, 2.75) is 0 Å². The highest BCUT2D eigenvalue weighted by atomic mass is 16.7. The highest BCUT2D eigenvalue weighted by Crippen LogP contribution is 2.25. The Balaban J connectivity index is 2.89. The zero-order chi connectivity index (χ0) is 14.8. The number of hydrogen-bond donors (Lipinski definition) is 0. The molecular formula is C13H18O7. The van der Waals surface area contributed by atoms with Crippen molar-refractivity contribution in [3.8, 4) is 11.5 Å². The number of hydrogen-bond acceptors (Lipinski definition) is 7. The van der Waals surface area contributed by atoms with E-state index in [-0.39, 0.29) is 25.9 Å². The summed E-state index contributed by atoms with van der Waals surface area (Å²) in [6.07, 6.45) is 0. The summed E-state index contributed by atoms with van der Waals surface area (Å²) in [5.74, 6) is 0.208. The van der Waals surface area contributed by atoms with Crippen LogP contribution in [0.4, 0.5) is 0 Å². The van der Waals surface area contributed by atoms with E-state index in [1.54, 1.807) is 12.1 Å². The van der Waals surface area contributed by atoms with Crippen molar-refractivity contribution in [3.05, 3.63) is 23.8 Å². The minimum atomic E-state index is -0.583. The Morgan fingerprint density at radius 2 is 1.60 bits per heavy atom. The monoisotopic (exact) mass is 286 g/mol. The van der Waals surface area contributed by atoms with Gasteiger partial charge in [0.2, 0.25) is 0 Å². The fraction of sp³-hybridized carbons (Fsp3) is 0.462. The summed E-state index contributed by atoms with van der Waals surface area (Å²) in [4.78, 5) is 11.9. The minimum absolute atomic E-state index is 0.0167. The van der Waals surface area contributed by atoms with E-state index in [1.807, 2.05) is 0 Å². The van der Waals surface area contributed by atoms with Gasteiger partial charge in [0.15, 0.2) is 20.4 Å². The van der Waals surface area contributed by atoms with E-state index in [0.29, 0.717) is 11.5 Å². The van der Waals surface area contributed by atoms with Crippen LogP contribution >= 0.6 is 0 Å². The molecule has 0 unspecified atom stereocenters. The lowest BCUT2D eigenvalue weighted by Gasteiger charge is -2.12. The zero-order valence-corrected chi connectivity index (χ0v) is 11.7. The molecule has 0 atom stereocenters. The molecule has 7 nitrogen and oxygen atoms in total. The summed E-state index contributed by atoms with van der Waals surface area (Å²) in [5.41, 5.74) is 0.215. The van der Waals surface area contributed by atoms with Crippen molar-refractivity contribution in [2.75, 3.05) is 41.7 Å². The number of methoxy groups -OCH3 is 3. The third-order valence-corrected chi connectivity index (χ3v) is 2.15. The first-order chi connectivity index (χ1) is 9.72. The van der Waals surface area contributed by atoms with E-state index in [0.717, 1.165) is 0 Å². The van der Waals surface area contributed by atoms with Gasteiger partial charge in [-0.1, -0.05) is 0 Å². The molecule has 0 heterocycles. The highest BCUT2D eigenvalue weighted by Gasteiger charge is 2.16. The summed E-state index contributed by atoms with van der Waals surface area (Å²) in [6, 6.07) is 4.74. The third-order valence-electron chi connectivity index (χ3n) is 2.15. The smallest absolute Gasteiger partial charge is 0.344 e. The first-order valence-corrected chi connectivity index (χ1v) is 5.76. The Morgan fingerprint density at radius 3 is 2.25 bits per heavy atom.